The molecular weight excluding hydrogens is 627 g/mol. The van der Waals surface area contributed by atoms with Gasteiger partial charge in [0.15, 0.2) is 6.61 Å². The maximum Gasteiger partial charge on any atom is 0.265 e. The monoisotopic (exact) mass is 664 g/mol. The number of amides is 3. The lowest BCUT2D eigenvalue weighted by Crippen LogP contribution is -2.53. The Labute approximate surface area is 279 Å². The molecule has 1 N–H and O–H groups in total. The van der Waals surface area contributed by atoms with E-state index in [2.05, 4.69) is 10.2 Å². The van der Waals surface area contributed by atoms with Gasteiger partial charge in [-0.2, -0.15) is 0 Å². The average molecular weight is 666 g/mol. The van der Waals surface area contributed by atoms with Gasteiger partial charge < -0.3 is 19.7 Å². The molecule has 6 rings (SSSR count). The molecule has 242 valence electrons. The van der Waals surface area contributed by atoms with Crippen molar-refractivity contribution in [1.82, 2.24) is 15.1 Å². The summed E-state index contributed by atoms with van der Waals surface area (Å²) in [7, 11) is 0. The van der Waals surface area contributed by atoms with Crippen LogP contribution in [0.3, 0.4) is 0 Å². The van der Waals surface area contributed by atoms with Gasteiger partial charge in [-0.1, -0.05) is 59.6 Å². The molecule has 11 heteroatoms. The first kappa shape index (κ1) is 32.3. The Hall–Kier alpha value is -3.63. The molecule has 9 nitrogen and oxygen atoms in total. The third-order valence-electron chi connectivity index (χ3n) is 8.93. The molecule has 0 aromatic heterocycles. The molecule has 3 aliphatic rings. The van der Waals surface area contributed by atoms with Crippen LogP contribution in [0.5, 0.6) is 5.75 Å². The van der Waals surface area contributed by atoms with E-state index in [4.69, 9.17) is 32.7 Å². The van der Waals surface area contributed by atoms with Crippen LogP contribution in [0.25, 0.3) is 11.1 Å². The van der Waals surface area contributed by atoms with Gasteiger partial charge in [0, 0.05) is 44.4 Å². The molecular formula is C35H38Cl2N4O5. The Morgan fingerprint density at radius 2 is 1.50 bits per heavy atom. The molecule has 2 saturated heterocycles. The second-order valence-corrected chi connectivity index (χ2v) is 12.8. The van der Waals surface area contributed by atoms with Gasteiger partial charge in [-0.15, -0.1) is 0 Å². The highest BCUT2D eigenvalue weighted by molar-refractivity contribution is 6.42. The lowest BCUT2D eigenvalue weighted by atomic mass is 9.98. The number of likely N-dealkylation sites (tertiary alicyclic amines) is 1. The van der Waals surface area contributed by atoms with Crippen LogP contribution in [-0.2, 0) is 14.3 Å². The second kappa shape index (κ2) is 14.4. The van der Waals surface area contributed by atoms with E-state index in [1.165, 1.54) is 11.3 Å². The van der Waals surface area contributed by atoms with E-state index in [0.29, 0.717) is 41.8 Å². The van der Waals surface area contributed by atoms with E-state index in [0.717, 1.165) is 55.7 Å². The molecule has 3 aliphatic heterocycles. The number of benzene rings is 3. The zero-order valence-electron chi connectivity index (χ0n) is 25.8. The molecule has 3 aromatic carbocycles. The fourth-order valence-electron chi connectivity index (χ4n) is 6.27. The number of carbonyl (C=O) groups excluding carboxylic acids is 3. The van der Waals surface area contributed by atoms with Crippen molar-refractivity contribution in [3.8, 4) is 16.9 Å². The first-order valence-corrected chi connectivity index (χ1v) is 16.6. The number of ether oxygens (including phenoxy) is 2. The summed E-state index contributed by atoms with van der Waals surface area (Å²) in [5.41, 5.74) is 4.07. The smallest absolute Gasteiger partial charge is 0.265 e. The highest BCUT2D eigenvalue weighted by atomic mass is 35.5. The minimum Gasteiger partial charge on any atom is -0.482 e. The van der Waals surface area contributed by atoms with E-state index >= 15 is 0 Å². The van der Waals surface area contributed by atoms with E-state index in [1.54, 1.807) is 19.1 Å². The predicted octanol–water partition coefficient (Wildman–Crippen LogP) is 5.59. The molecule has 46 heavy (non-hydrogen) atoms. The SMILES string of the molecule is CC(C(=O)NC(CN1CCOCC1)c1ccc(-c2ccc(C(=O)N3CCCCC3)cc2)cc1)N1C(=O)COc2cc(Cl)c(Cl)cc21. The number of hydrogen-bond donors (Lipinski definition) is 1. The van der Waals surface area contributed by atoms with Crippen molar-refractivity contribution in [3.05, 3.63) is 81.8 Å². The quantitative estimate of drug-likeness (QED) is 0.338. The summed E-state index contributed by atoms with van der Waals surface area (Å²) >= 11 is 12.4. The van der Waals surface area contributed by atoms with Crippen molar-refractivity contribution in [2.75, 3.05) is 57.4 Å². The summed E-state index contributed by atoms with van der Waals surface area (Å²) in [6.07, 6.45) is 3.30. The topological polar surface area (TPSA) is 91.4 Å². The number of hydrogen-bond acceptors (Lipinski definition) is 6. The molecule has 0 radical (unpaired) electrons. The van der Waals surface area contributed by atoms with Gasteiger partial charge in [-0.25, -0.2) is 0 Å². The molecule has 3 aromatic rings. The zero-order chi connectivity index (χ0) is 32.2. The van der Waals surface area contributed by atoms with Crippen molar-refractivity contribution in [2.45, 2.75) is 38.3 Å². The Kier molecular flexibility index (Phi) is 10.1. The Bertz CT molecular complexity index is 1570. The number of nitrogens with one attached hydrogen (secondary N) is 1. The molecule has 0 aliphatic carbocycles. The maximum absolute atomic E-state index is 13.8. The van der Waals surface area contributed by atoms with Crippen LogP contribution in [0.4, 0.5) is 5.69 Å². The van der Waals surface area contributed by atoms with E-state index in [-0.39, 0.29) is 35.4 Å². The summed E-state index contributed by atoms with van der Waals surface area (Å²) in [6.45, 7) is 6.51. The van der Waals surface area contributed by atoms with E-state index in [9.17, 15) is 14.4 Å². The van der Waals surface area contributed by atoms with E-state index in [1.807, 2.05) is 53.4 Å². The standard InChI is InChI=1S/C35H38Cl2N4O5/c1-23(41-31-19-28(36)29(37)20-32(31)46-22-33(41)42)34(43)38-30(21-39-15-17-45-18-16-39)26-9-5-24(6-10-26)25-7-11-27(12-8-25)35(44)40-13-3-2-4-14-40/h5-12,19-20,23,30H,2-4,13-18,21-22H2,1H3,(H,38,43). The number of carbonyl (C=O) groups is 3. The number of fused-ring (bicyclic) bond motifs is 1. The normalized spacial score (nSPS) is 18.4. The van der Waals surface area contributed by atoms with Crippen LogP contribution in [0, 0.1) is 0 Å². The highest BCUT2D eigenvalue weighted by Gasteiger charge is 2.35. The van der Waals surface area contributed by atoms with Crippen molar-refractivity contribution in [3.63, 3.8) is 0 Å². The van der Waals surface area contributed by atoms with Crippen molar-refractivity contribution in [2.24, 2.45) is 0 Å². The van der Waals surface area contributed by atoms with Crippen LogP contribution in [0.2, 0.25) is 10.0 Å². The number of rotatable bonds is 8. The van der Waals surface area contributed by atoms with E-state index < -0.39 is 6.04 Å². The summed E-state index contributed by atoms with van der Waals surface area (Å²) in [5.74, 6) is -0.153. The number of morpholine rings is 1. The number of halogens is 2. The largest absolute Gasteiger partial charge is 0.482 e. The molecule has 2 fully saturated rings. The maximum atomic E-state index is 13.8. The molecule has 3 heterocycles. The Morgan fingerprint density at radius 1 is 0.870 bits per heavy atom. The van der Waals surface area contributed by atoms with Gasteiger partial charge in [0.25, 0.3) is 11.8 Å². The highest BCUT2D eigenvalue weighted by Crippen LogP contribution is 2.39. The first-order chi connectivity index (χ1) is 22.3. The first-order valence-electron chi connectivity index (χ1n) is 15.8. The van der Waals surface area contributed by atoms with Gasteiger partial charge in [0.1, 0.15) is 11.8 Å². The molecule has 0 spiro atoms. The van der Waals surface area contributed by atoms with Crippen LogP contribution in [0.15, 0.2) is 60.7 Å². The van der Waals surface area contributed by atoms with Gasteiger partial charge in [0.2, 0.25) is 5.91 Å². The summed E-state index contributed by atoms with van der Waals surface area (Å²) in [6, 6.07) is 17.8. The van der Waals surface area contributed by atoms with Crippen molar-refractivity contribution >= 4 is 46.6 Å². The third-order valence-corrected chi connectivity index (χ3v) is 9.65. The minimum atomic E-state index is -0.829. The van der Waals surface area contributed by atoms with Gasteiger partial charge in [-0.05, 0) is 61.1 Å². The molecule has 0 bridgehead atoms. The molecule has 0 saturated carbocycles. The lowest BCUT2D eigenvalue weighted by molar-refractivity contribution is -0.128. The second-order valence-electron chi connectivity index (χ2n) is 12.0. The third kappa shape index (κ3) is 7.18. The van der Waals surface area contributed by atoms with Crippen LogP contribution < -0.4 is 15.0 Å². The lowest BCUT2D eigenvalue weighted by Gasteiger charge is -2.35. The van der Waals surface area contributed by atoms with Crippen LogP contribution >= 0.6 is 23.2 Å². The Morgan fingerprint density at radius 3 is 2.17 bits per heavy atom. The molecule has 2 unspecified atom stereocenters. The number of nitrogens with zero attached hydrogens (tertiary/aromatic N) is 3. The summed E-state index contributed by atoms with van der Waals surface area (Å²) < 4.78 is 11.1. The van der Waals surface area contributed by atoms with Crippen LogP contribution in [-0.4, -0.2) is 86.1 Å². The van der Waals surface area contributed by atoms with Gasteiger partial charge in [0.05, 0.1) is 35.0 Å². The molecule has 2 atom stereocenters. The van der Waals surface area contributed by atoms with Crippen molar-refractivity contribution < 1.29 is 23.9 Å². The number of piperidine rings is 1. The van der Waals surface area contributed by atoms with Gasteiger partial charge >= 0.3 is 0 Å². The Balaban J connectivity index is 1.19. The molecule has 3 amide bonds. The minimum absolute atomic E-state index is 0.0895. The van der Waals surface area contributed by atoms with Gasteiger partial charge in [-0.3, -0.25) is 24.2 Å². The summed E-state index contributed by atoms with van der Waals surface area (Å²) in [4.78, 5) is 45.3. The predicted molar refractivity (Wildman–Crippen MR) is 179 cm³/mol. The fourth-order valence-corrected chi connectivity index (χ4v) is 6.58. The zero-order valence-corrected chi connectivity index (χ0v) is 27.4. The van der Waals surface area contributed by atoms with Crippen molar-refractivity contribution in [1.29, 1.82) is 0 Å². The van der Waals surface area contributed by atoms with Crippen LogP contribution in [0.1, 0.15) is 48.1 Å². The summed E-state index contributed by atoms with van der Waals surface area (Å²) in [5, 5.41) is 3.78. The number of anilines is 1. The fraction of sp³-hybridized carbons (Fsp3) is 0.400. The average Bonchev–Trinajstić information content (AvgIpc) is 3.09.